The molecule has 5 heteroatoms. The van der Waals surface area contributed by atoms with Gasteiger partial charge in [-0.3, -0.25) is 4.57 Å². The van der Waals surface area contributed by atoms with Crippen LogP contribution in [-0.2, 0) is 5.41 Å². The molecular formula is C53H33N5. The van der Waals surface area contributed by atoms with Gasteiger partial charge in [0, 0.05) is 21.9 Å². The van der Waals surface area contributed by atoms with Crippen molar-refractivity contribution >= 4 is 27.5 Å². The van der Waals surface area contributed by atoms with Gasteiger partial charge in [0.25, 0.3) is 0 Å². The van der Waals surface area contributed by atoms with Crippen LogP contribution in [0.25, 0.3) is 77.6 Å². The summed E-state index contributed by atoms with van der Waals surface area (Å²) in [6, 6.07) is 70.1. The number of benzene rings is 8. The van der Waals surface area contributed by atoms with Crippen molar-refractivity contribution in [3.8, 4) is 51.0 Å². The van der Waals surface area contributed by atoms with Crippen LogP contribution in [0.15, 0.2) is 200 Å². The molecule has 0 aliphatic heterocycles. The normalized spacial score (nSPS) is 12.6. The molecule has 0 saturated carbocycles. The molecule has 0 unspecified atom stereocenters. The zero-order chi connectivity index (χ0) is 38.6. The van der Waals surface area contributed by atoms with Crippen LogP contribution in [0.1, 0.15) is 22.3 Å². The summed E-state index contributed by atoms with van der Waals surface area (Å²) in [5.74, 6) is 1.62. The molecule has 0 radical (unpaired) electrons. The SMILES string of the molecule is [C-]#[N+]c1ccc(-c2nc(-c3cccc(-c4ccccc4)c3)nc(-n3c4ccccc4c4cc5c(cc43)C(c3ccccc3)(c3ccccc3)c3ccccc3-5)n2)cc1. The fourth-order valence-corrected chi connectivity index (χ4v) is 9.00. The molecule has 270 valence electrons. The van der Waals surface area contributed by atoms with Gasteiger partial charge in [-0.25, -0.2) is 9.83 Å². The first-order valence-electron chi connectivity index (χ1n) is 19.4. The van der Waals surface area contributed by atoms with E-state index in [1.54, 1.807) is 0 Å². The lowest BCUT2D eigenvalue weighted by Crippen LogP contribution is -2.28. The van der Waals surface area contributed by atoms with Crippen molar-refractivity contribution in [1.29, 1.82) is 0 Å². The zero-order valence-electron chi connectivity index (χ0n) is 31.3. The van der Waals surface area contributed by atoms with Crippen LogP contribution in [0.4, 0.5) is 5.69 Å². The first-order chi connectivity index (χ1) is 28.7. The third-order valence-corrected chi connectivity index (χ3v) is 11.6. The summed E-state index contributed by atoms with van der Waals surface area (Å²) < 4.78 is 2.21. The second-order valence-corrected chi connectivity index (χ2v) is 14.7. The molecule has 0 saturated heterocycles. The minimum Gasteiger partial charge on any atom is -0.278 e. The summed E-state index contributed by atoms with van der Waals surface area (Å²) in [4.78, 5) is 19.3. The molecule has 1 aliphatic rings. The van der Waals surface area contributed by atoms with E-state index < -0.39 is 5.41 Å². The molecule has 8 aromatic carbocycles. The van der Waals surface area contributed by atoms with Gasteiger partial charge in [-0.1, -0.05) is 176 Å². The topological polar surface area (TPSA) is 48.0 Å². The Morgan fingerprint density at radius 1 is 0.414 bits per heavy atom. The van der Waals surface area contributed by atoms with Gasteiger partial charge < -0.3 is 0 Å². The highest BCUT2D eigenvalue weighted by Gasteiger charge is 2.46. The second-order valence-electron chi connectivity index (χ2n) is 14.7. The third-order valence-electron chi connectivity index (χ3n) is 11.6. The van der Waals surface area contributed by atoms with E-state index in [0.717, 1.165) is 44.1 Å². The quantitative estimate of drug-likeness (QED) is 0.160. The lowest BCUT2D eigenvalue weighted by atomic mass is 9.67. The Morgan fingerprint density at radius 3 is 1.74 bits per heavy atom. The molecule has 11 rings (SSSR count). The average Bonchev–Trinajstić information content (AvgIpc) is 3.79. The smallest absolute Gasteiger partial charge is 0.238 e. The van der Waals surface area contributed by atoms with E-state index in [1.807, 2.05) is 30.3 Å². The maximum atomic E-state index is 7.55. The molecule has 0 bridgehead atoms. The number of fused-ring (bicyclic) bond motifs is 6. The van der Waals surface area contributed by atoms with Crippen LogP contribution in [0.3, 0.4) is 0 Å². The Bertz CT molecular complexity index is 3180. The molecular weight excluding hydrogens is 707 g/mol. The molecule has 0 N–H and O–H groups in total. The molecule has 2 aromatic heterocycles. The fraction of sp³-hybridized carbons (Fsp3) is 0.0189. The Hall–Kier alpha value is -7.94. The van der Waals surface area contributed by atoms with E-state index in [9.17, 15) is 0 Å². The Kier molecular flexibility index (Phi) is 7.70. The number of rotatable bonds is 6. The van der Waals surface area contributed by atoms with E-state index in [2.05, 4.69) is 179 Å². The number of nitrogens with zero attached hydrogens (tertiary/aromatic N) is 5. The summed E-state index contributed by atoms with van der Waals surface area (Å²) >= 11 is 0. The van der Waals surface area contributed by atoms with Crippen molar-refractivity contribution in [2.24, 2.45) is 0 Å². The monoisotopic (exact) mass is 739 g/mol. The van der Waals surface area contributed by atoms with Crippen molar-refractivity contribution in [1.82, 2.24) is 19.5 Å². The standard InChI is InChI=1S/C53H33N5/c1-54-41-30-28-36(29-31-41)50-55-51(38-19-15-18-37(32-38)35-16-5-2-6-17-35)57-52(56-50)58-48-27-14-12-25-43(48)45-33-44-42-24-11-13-26-46(42)53(47(44)34-49(45)58,39-20-7-3-8-21-39)40-22-9-4-10-23-40/h2-34H. The lowest BCUT2D eigenvalue weighted by molar-refractivity contribution is 0.769. The van der Waals surface area contributed by atoms with Gasteiger partial charge >= 0.3 is 0 Å². The van der Waals surface area contributed by atoms with Crippen molar-refractivity contribution in [3.63, 3.8) is 0 Å². The zero-order valence-corrected chi connectivity index (χ0v) is 31.3. The van der Waals surface area contributed by atoms with E-state index in [-0.39, 0.29) is 0 Å². The third kappa shape index (κ3) is 5.13. The molecule has 0 atom stereocenters. The first-order valence-corrected chi connectivity index (χ1v) is 19.4. The number of hydrogen-bond acceptors (Lipinski definition) is 3. The van der Waals surface area contributed by atoms with E-state index in [4.69, 9.17) is 21.5 Å². The summed E-state index contributed by atoms with van der Waals surface area (Å²) in [6.07, 6.45) is 0. The van der Waals surface area contributed by atoms with Gasteiger partial charge in [-0.05, 0) is 68.8 Å². The molecule has 0 spiro atoms. The van der Waals surface area contributed by atoms with E-state index in [1.165, 1.54) is 33.4 Å². The van der Waals surface area contributed by atoms with Crippen LogP contribution in [0.2, 0.25) is 0 Å². The van der Waals surface area contributed by atoms with Crippen LogP contribution < -0.4 is 0 Å². The second kappa shape index (κ2) is 13.4. The highest BCUT2D eigenvalue weighted by molar-refractivity contribution is 6.12. The van der Waals surface area contributed by atoms with Gasteiger partial charge in [0.2, 0.25) is 5.95 Å². The summed E-state index contributed by atoms with van der Waals surface area (Å²) in [7, 11) is 0. The number of aromatic nitrogens is 4. The maximum absolute atomic E-state index is 7.55. The molecule has 0 fully saturated rings. The van der Waals surface area contributed by atoms with Crippen molar-refractivity contribution in [2.75, 3.05) is 0 Å². The minimum atomic E-state index is -0.568. The van der Waals surface area contributed by atoms with Crippen LogP contribution in [-0.4, -0.2) is 19.5 Å². The first kappa shape index (κ1) is 33.4. The lowest BCUT2D eigenvalue weighted by Gasteiger charge is -2.34. The van der Waals surface area contributed by atoms with Gasteiger partial charge in [0.15, 0.2) is 17.3 Å². The number of hydrogen-bond donors (Lipinski definition) is 0. The van der Waals surface area contributed by atoms with Gasteiger partial charge in [-0.15, -0.1) is 0 Å². The fourth-order valence-electron chi connectivity index (χ4n) is 9.00. The summed E-state index contributed by atoms with van der Waals surface area (Å²) in [5, 5.41) is 2.24. The molecule has 0 amide bonds. The largest absolute Gasteiger partial charge is 0.278 e. The predicted molar refractivity (Wildman–Crippen MR) is 234 cm³/mol. The summed E-state index contributed by atoms with van der Waals surface area (Å²) in [5.41, 5.74) is 13.2. The maximum Gasteiger partial charge on any atom is 0.238 e. The summed E-state index contributed by atoms with van der Waals surface area (Å²) in [6.45, 7) is 7.55. The highest BCUT2D eigenvalue weighted by Crippen LogP contribution is 2.57. The van der Waals surface area contributed by atoms with E-state index >= 15 is 0 Å². The van der Waals surface area contributed by atoms with Crippen molar-refractivity contribution in [2.45, 2.75) is 5.41 Å². The highest BCUT2D eigenvalue weighted by atomic mass is 15.2. The molecule has 5 nitrogen and oxygen atoms in total. The molecule has 2 heterocycles. The Morgan fingerprint density at radius 2 is 1.02 bits per heavy atom. The average molecular weight is 740 g/mol. The van der Waals surface area contributed by atoms with Gasteiger partial charge in [-0.2, -0.15) is 9.97 Å². The number of para-hydroxylation sites is 1. The molecule has 10 aromatic rings. The predicted octanol–water partition coefficient (Wildman–Crippen LogP) is 12.9. The minimum absolute atomic E-state index is 0.519. The van der Waals surface area contributed by atoms with E-state index in [0.29, 0.717) is 23.3 Å². The van der Waals surface area contributed by atoms with Crippen molar-refractivity contribution < 1.29 is 0 Å². The molecule has 58 heavy (non-hydrogen) atoms. The van der Waals surface area contributed by atoms with Crippen LogP contribution in [0.5, 0.6) is 0 Å². The van der Waals surface area contributed by atoms with Gasteiger partial charge in [0.05, 0.1) is 23.0 Å². The van der Waals surface area contributed by atoms with Crippen molar-refractivity contribution in [3.05, 3.63) is 234 Å². The van der Waals surface area contributed by atoms with Crippen LogP contribution >= 0.6 is 0 Å². The molecule has 1 aliphatic carbocycles. The van der Waals surface area contributed by atoms with Crippen LogP contribution in [0, 0.1) is 6.57 Å². The Balaban J connectivity index is 1.22. The van der Waals surface area contributed by atoms with Gasteiger partial charge in [0.1, 0.15) is 0 Å². The Labute approximate surface area is 336 Å².